The van der Waals surface area contributed by atoms with Gasteiger partial charge >= 0.3 is 0 Å². The zero-order chi connectivity index (χ0) is 43.4. The number of unbranched alkanes of at least 4 members (excludes halogenated alkanes) is 21. The monoisotopic (exact) mass is 840 g/mol. The first-order valence-corrected chi connectivity index (χ1v) is 23.9. The van der Waals surface area contributed by atoms with Crippen molar-refractivity contribution >= 4 is 5.91 Å². The Bertz CT molecular complexity index is 1050. The molecule has 0 aromatic rings. The quantitative estimate of drug-likeness (QED) is 0.0223. The highest BCUT2D eigenvalue weighted by Crippen LogP contribution is 2.23. The summed E-state index contributed by atoms with van der Waals surface area (Å²) in [4.78, 5) is 13.0. The SMILES string of the molecule is CCCCCCCCCCC/C=C/CC/C=C/CC/C=C/CCCC(O)C(O)C(COC1OC(CO)C(O)C(O)C1O)NC(=O)C(O)CCCCCCCCCCCC. The summed E-state index contributed by atoms with van der Waals surface area (Å²) in [6.45, 7) is 3.39. The van der Waals surface area contributed by atoms with Gasteiger partial charge in [0, 0.05) is 0 Å². The lowest BCUT2D eigenvalue weighted by Gasteiger charge is -2.40. The number of hydrogen-bond acceptors (Lipinski definition) is 10. The molecule has 1 aliphatic heterocycles. The number of amides is 1. The zero-order valence-electron chi connectivity index (χ0n) is 37.2. The molecular formula is C48H89NO10. The summed E-state index contributed by atoms with van der Waals surface area (Å²) in [5, 5.41) is 75.5. The lowest BCUT2D eigenvalue weighted by molar-refractivity contribution is -0.303. The molecule has 0 aromatic heterocycles. The van der Waals surface area contributed by atoms with Gasteiger partial charge in [-0.25, -0.2) is 0 Å². The Labute approximate surface area is 358 Å². The molecule has 346 valence electrons. The smallest absolute Gasteiger partial charge is 0.249 e. The van der Waals surface area contributed by atoms with E-state index >= 15 is 0 Å². The maximum Gasteiger partial charge on any atom is 0.249 e. The Morgan fingerprint density at radius 3 is 1.51 bits per heavy atom. The largest absolute Gasteiger partial charge is 0.394 e. The van der Waals surface area contributed by atoms with Gasteiger partial charge in [0.05, 0.1) is 25.4 Å². The van der Waals surface area contributed by atoms with Gasteiger partial charge in [-0.1, -0.05) is 166 Å². The molecule has 0 aromatic carbocycles. The number of ether oxygens (including phenoxy) is 2. The standard InChI is InChI=1S/C48H89NO10/c1-3-5-7-9-11-13-15-16-17-18-19-20-21-22-23-24-25-26-28-29-31-33-35-40(51)43(53)39(38-58-48-46(56)45(55)44(54)42(37-50)59-48)49-47(57)41(52)36-34-32-30-27-14-12-10-8-6-4-2/h19-20,23-24,28-29,39-46,48,50-56H,3-18,21-22,25-27,30-38H2,1-2H3,(H,49,57)/b20-19+,24-23+,29-28+. The van der Waals surface area contributed by atoms with Crippen molar-refractivity contribution in [3.63, 3.8) is 0 Å². The molecule has 1 saturated heterocycles. The molecule has 1 fully saturated rings. The molecule has 0 radical (unpaired) electrons. The molecule has 9 unspecified atom stereocenters. The van der Waals surface area contributed by atoms with Gasteiger partial charge in [0.25, 0.3) is 0 Å². The fourth-order valence-electron chi connectivity index (χ4n) is 7.41. The Hall–Kier alpha value is -1.67. The second-order valence-electron chi connectivity index (χ2n) is 16.8. The van der Waals surface area contributed by atoms with E-state index in [0.717, 1.165) is 44.9 Å². The van der Waals surface area contributed by atoms with Crippen molar-refractivity contribution in [2.45, 2.75) is 249 Å². The molecule has 1 amide bonds. The van der Waals surface area contributed by atoms with E-state index in [1.165, 1.54) is 103 Å². The summed E-state index contributed by atoms with van der Waals surface area (Å²) in [5.74, 6) is -0.715. The summed E-state index contributed by atoms with van der Waals surface area (Å²) in [6.07, 6.45) is 32.1. The van der Waals surface area contributed by atoms with Crippen LogP contribution in [-0.2, 0) is 14.3 Å². The maximum absolute atomic E-state index is 13.0. The van der Waals surface area contributed by atoms with Crippen molar-refractivity contribution in [1.29, 1.82) is 0 Å². The Morgan fingerprint density at radius 2 is 1.02 bits per heavy atom. The average Bonchev–Trinajstić information content (AvgIpc) is 3.23. The minimum absolute atomic E-state index is 0.242. The van der Waals surface area contributed by atoms with Gasteiger partial charge in [-0.3, -0.25) is 4.79 Å². The number of aliphatic hydroxyl groups is 7. The molecule has 1 rings (SSSR count). The number of allylic oxidation sites excluding steroid dienone is 6. The minimum Gasteiger partial charge on any atom is -0.394 e. The van der Waals surface area contributed by atoms with E-state index in [4.69, 9.17) is 9.47 Å². The Morgan fingerprint density at radius 1 is 0.576 bits per heavy atom. The van der Waals surface area contributed by atoms with E-state index in [9.17, 15) is 40.5 Å². The number of nitrogens with one attached hydrogen (secondary N) is 1. The second-order valence-corrected chi connectivity index (χ2v) is 16.8. The average molecular weight is 840 g/mol. The summed E-state index contributed by atoms with van der Waals surface area (Å²) >= 11 is 0. The predicted molar refractivity (Wildman–Crippen MR) is 238 cm³/mol. The molecular weight excluding hydrogens is 751 g/mol. The van der Waals surface area contributed by atoms with E-state index in [1.54, 1.807) is 0 Å². The van der Waals surface area contributed by atoms with Crippen molar-refractivity contribution in [2.75, 3.05) is 13.2 Å². The number of rotatable bonds is 39. The lowest BCUT2D eigenvalue weighted by atomic mass is 9.98. The highest BCUT2D eigenvalue weighted by molar-refractivity contribution is 5.80. The first kappa shape index (κ1) is 55.3. The number of carbonyl (C=O) groups excluding carboxylic acids is 1. The van der Waals surface area contributed by atoms with E-state index in [0.29, 0.717) is 19.3 Å². The van der Waals surface area contributed by atoms with Crippen LogP contribution in [0.4, 0.5) is 0 Å². The molecule has 11 heteroatoms. The van der Waals surface area contributed by atoms with E-state index in [-0.39, 0.29) is 12.8 Å². The molecule has 9 atom stereocenters. The highest BCUT2D eigenvalue weighted by Gasteiger charge is 2.44. The van der Waals surface area contributed by atoms with Gasteiger partial charge in [-0.15, -0.1) is 0 Å². The van der Waals surface area contributed by atoms with E-state index in [2.05, 4.69) is 55.6 Å². The number of hydrogen-bond donors (Lipinski definition) is 8. The van der Waals surface area contributed by atoms with E-state index < -0.39 is 74.2 Å². The van der Waals surface area contributed by atoms with Gasteiger partial charge in [0.2, 0.25) is 5.91 Å². The second kappa shape index (κ2) is 38.0. The summed E-state index contributed by atoms with van der Waals surface area (Å²) in [7, 11) is 0. The van der Waals surface area contributed by atoms with Gasteiger partial charge in [0.1, 0.15) is 36.6 Å². The zero-order valence-corrected chi connectivity index (χ0v) is 37.2. The molecule has 0 bridgehead atoms. The molecule has 0 aliphatic carbocycles. The van der Waals surface area contributed by atoms with Crippen LogP contribution in [0.3, 0.4) is 0 Å². The third-order valence-corrected chi connectivity index (χ3v) is 11.4. The molecule has 0 spiro atoms. The third kappa shape index (κ3) is 27.8. The fourth-order valence-corrected chi connectivity index (χ4v) is 7.41. The molecule has 8 N–H and O–H groups in total. The molecule has 1 heterocycles. The van der Waals surface area contributed by atoms with Gasteiger partial charge in [-0.2, -0.15) is 0 Å². The molecule has 0 saturated carbocycles. The van der Waals surface area contributed by atoms with Gasteiger partial charge < -0.3 is 50.5 Å². The third-order valence-electron chi connectivity index (χ3n) is 11.4. The van der Waals surface area contributed by atoms with Gasteiger partial charge in [0.15, 0.2) is 6.29 Å². The van der Waals surface area contributed by atoms with Crippen molar-refractivity contribution in [2.24, 2.45) is 0 Å². The van der Waals surface area contributed by atoms with Crippen molar-refractivity contribution in [3.05, 3.63) is 36.5 Å². The predicted octanol–water partition coefficient (Wildman–Crippen LogP) is 8.00. The molecule has 1 aliphatic rings. The first-order valence-electron chi connectivity index (χ1n) is 23.9. The normalized spacial score (nSPS) is 22.1. The van der Waals surface area contributed by atoms with Crippen LogP contribution in [0.25, 0.3) is 0 Å². The fraction of sp³-hybridized carbons (Fsp3) is 0.854. The molecule has 11 nitrogen and oxygen atoms in total. The van der Waals surface area contributed by atoms with Crippen molar-refractivity contribution < 1.29 is 50.0 Å². The number of carbonyl (C=O) groups is 1. The van der Waals surface area contributed by atoms with Crippen LogP contribution in [0.2, 0.25) is 0 Å². The lowest BCUT2D eigenvalue weighted by Crippen LogP contribution is -2.60. The van der Waals surface area contributed by atoms with Crippen LogP contribution in [-0.4, -0.2) is 110 Å². The van der Waals surface area contributed by atoms with Crippen LogP contribution in [0.5, 0.6) is 0 Å². The molecule has 59 heavy (non-hydrogen) atoms. The van der Waals surface area contributed by atoms with Gasteiger partial charge in [-0.05, 0) is 64.2 Å². The van der Waals surface area contributed by atoms with Crippen molar-refractivity contribution in [1.82, 2.24) is 5.32 Å². The highest BCUT2D eigenvalue weighted by atomic mass is 16.7. The van der Waals surface area contributed by atoms with E-state index in [1.807, 2.05) is 0 Å². The Kier molecular flexibility index (Phi) is 35.7. The summed E-state index contributed by atoms with van der Waals surface area (Å²) < 4.78 is 11.1. The van der Waals surface area contributed by atoms with Crippen LogP contribution < -0.4 is 5.32 Å². The Balaban J connectivity index is 2.44. The summed E-state index contributed by atoms with van der Waals surface area (Å²) in [6, 6.07) is -1.19. The van der Waals surface area contributed by atoms with Crippen LogP contribution in [0.1, 0.15) is 194 Å². The first-order chi connectivity index (χ1) is 28.7. The van der Waals surface area contributed by atoms with Crippen LogP contribution in [0.15, 0.2) is 36.5 Å². The minimum atomic E-state index is -1.67. The number of aliphatic hydroxyl groups excluding tert-OH is 7. The van der Waals surface area contributed by atoms with Crippen molar-refractivity contribution in [3.8, 4) is 0 Å². The summed E-state index contributed by atoms with van der Waals surface area (Å²) in [5.41, 5.74) is 0. The topological polar surface area (TPSA) is 189 Å². The van der Waals surface area contributed by atoms with Crippen LogP contribution >= 0.6 is 0 Å². The van der Waals surface area contributed by atoms with Crippen LogP contribution in [0, 0.1) is 0 Å². The maximum atomic E-state index is 13.0.